The molecule has 0 aromatic carbocycles. The van der Waals surface area contributed by atoms with E-state index in [-0.39, 0.29) is 0 Å². The molecule has 0 bridgehead atoms. The van der Waals surface area contributed by atoms with E-state index in [1.54, 1.807) is 6.92 Å². The van der Waals surface area contributed by atoms with E-state index in [2.05, 4.69) is 4.99 Å². The SMILES string of the molecule is C/C=C\N=C(C)C(F)(F)F. The van der Waals surface area contributed by atoms with Gasteiger partial charge in [-0.25, -0.2) is 0 Å². The van der Waals surface area contributed by atoms with Crippen LogP contribution >= 0.6 is 0 Å². The highest BCUT2D eigenvalue weighted by Gasteiger charge is 2.31. The van der Waals surface area contributed by atoms with Crippen molar-refractivity contribution < 1.29 is 13.2 Å². The van der Waals surface area contributed by atoms with Gasteiger partial charge in [-0.05, 0) is 13.8 Å². The van der Waals surface area contributed by atoms with E-state index in [1.165, 1.54) is 6.08 Å². The first-order valence-electron chi connectivity index (χ1n) is 2.71. The predicted molar refractivity (Wildman–Crippen MR) is 34.0 cm³/mol. The molecule has 0 saturated carbocycles. The summed E-state index contributed by atoms with van der Waals surface area (Å²) in [6, 6.07) is 0. The molecule has 4 heteroatoms. The first-order chi connectivity index (χ1) is 4.48. The fraction of sp³-hybridized carbons (Fsp3) is 0.500. The average Bonchev–Trinajstić information content (AvgIpc) is 1.80. The van der Waals surface area contributed by atoms with Crippen LogP contribution in [0.25, 0.3) is 0 Å². The van der Waals surface area contributed by atoms with Crippen LogP contribution in [0.2, 0.25) is 0 Å². The third kappa shape index (κ3) is 3.27. The Labute approximate surface area is 57.3 Å². The van der Waals surface area contributed by atoms with E-state index in [9.17, 15) is 13.2 Å². The molecule has 0 radical (unpaired) electrons. The standard InChI is InChI=1S/C6H8F3N/c1-3-4-10-5(2)6(7,8)9/h3-4H,1-2H3/b4-3-,10-5?. The summed E-state index contributed by atoms with van der Waals surface area (Å²) in [5, 5.41) is 0. The monoisotopic (exact) mass is 151 g/mol. The minimum absolute atomic E-state index is 0.828. The summed E-state index contributed by atoms with van der Waals surface area (Å²) >= 11 is 0. The van der Waals surface area contributed by atoms with Crippen molar-refractivity contribution in [1.29, 1.82) is 0 Å². The summed E-state index contributed by atoms with van der Waals surface area (Å²) in [5.74, 6) is 0. The van der Waals surface area contributed by atoms with Crippen LogP contribution in [0.15, 0.2) is 17.3 Å². The maximum absolute atomic E-state index is 11.6. The van der Waals surface area contributed by atoms with Crippen molar-refractivity contribution in [2.75, 3.05) is 0 Å². The van der Waals surface area contributed by atoms with Crippen molar-refractivity contribution in [2.24, 2.45) is 4.99 Å². The highest BCUT2D eigenvalue weighted by Crippen LogP contribution is 2.16. The molecule has 0 N–H and O–H groups in total. The molecular formula is C6H8F3N. The zero-order valence-corrected chi connectivity index (χ0v) is 5.74. The fourth-order valence-corrected chi connectivity index (χ4v) is 0.260. The Bertz CT molecular complexity index is 155. The lowest BCUT2D eigenvalue weighted by molar-refractivity contribution is -0.0591. The first-order valence-corrected chi connectivity index (χ1v) is 2.71. The van der Waals surface area contributed by atoms with Gasteiger partial charge in [-0.15, -0.1) is 0 Å². The Balaban J connectivity index is 4.20. The zero-order valence-electron chi connectivity index (χ0n) is 5.74. The lowest BCUT2D eigenvalue weighted by Gasteiger charge is -2.02. The van der Waals surface area contributed by atoms with Gasteiger partial charge in [-0.1, -0.05) is 6.08 Å². The lowest BCUT2D eigenvalue weighted by Crippen LogP contribution is -2.18. The summed E-state index contributed by atoms with van der Waals surface area (Å²) in [6.07, 6.45) is -1.74. The van der Waals surface area contributed by atoms with Gasteiger partial charge in [0.05, 0.1) is 0 Å². The quantitative estimate of drug-likeness (QED) is 0.510. The maximum Gasteiger partial charge on any atom is 0.429 e. The largest absolute Gasteiger partial charge is 0.429 e. The van der Waals surface area contributed by atoms with Gasteiger partial charge in [0, 0.05) is 6.20 Å². The van der Waals surface area contributed by atoms with E-state index in [0.29, 0.717) is 0 Å². The topological polar surface area (TPSA) is 12.4 Å². The summed E-state index contributed by atoms with van der Waals surface area (Å²) in [4.78, 5) is 3.12. The molecule has 0 saturated heterocycles. The lowest BCUT2D eigenvalue weighted by atomic mass is 10.4. The highest BCUT2D eigenvalue weighted by molar-refractivity contribution is 5.87. The molecule has 0 aliphatic heterocycles. The molecule has 0 atom stereocenters. The Kier molecular flexibility index (Phi) is 3.12. The van der Waals surface area contributed by atoms with Gasteiger partial charge in [-0.3, -0.25) is 4.99 Å². The second-order valence-corrected chi connectivity index (χ2v) is 1.69. The van der Waals surface area contributed by atoms with E-state index in [0.717, 1.165) is 13.1 Å². The molecule has 0 amide bonds. The molecule has 0 aliphatic carbocycles. The van der Waals surface area contributed by atoms with Gasteiger partial charge in [0.15, 0.2) is 0 Å². The number of halogens is 3. The molecule has 0 heterocycles. The molecule has 0 aromatic rings. The molecule has 0 aliphatic rings. The van der Waals surface area contributed by atoms with E-state index >= 15 is 0 Å². The van der Waals surface area contributed by atoms with E-state index in [4.69, 9.17) is 0 Å². The summed E-state index contributed by atoms with van der Waals surface area (Å²) in [7, 11) is 0. The molecule has 10 heavy (non-hydrogen) atoms. The number of rotatable bonds is 1. The minimum atomic E-state index is -4.29. The van der Waals surface area contributed by atoms with Crippen molar-refractivity contribution >= 4 is 5.71 Å². The van der Waals surface area contributed by atoms with Gasteiger partial charge < -0.3 is 0 Å². The van der Waals surface area contributed by atoms with E-state index in [1.807, 2.05) is 0 Å². The van der Waals surface area contributed by atoms with Crippen molar-refractivity contribution in [3.63, 3.8) is 0 Å². The smallest absolute Gasteiger partial charge is 0.257 e. The number of alkyl halides is 3. The van der Waals surface area contributed by atoms with Crippen LogP contribution in [0.3, 0.4) is 0 Å². The Morgan fingerprint density at radius 2 is 1.90 bits per heavy atom. The van der Waals surface area contributed by atoms with Crippen LogP contribution in [-0.2, 0) is 0 Å². The predicted octanol–water partition coefficient (Wildman–Crippen LogP) is 2.54. The van der Waals surface area contributed by atoms with Gasteiger partial charge >= 0.3 is 6.18 Å². The fourth-order valence-electron chi connectivity index (χ4n) is 0.260. The highest BCUT2D eigenvalue weighted by atomic mass is 19.4. The van der Waals surface area contributed by atoms with Gasteiger partial charge in [-0.2, -0.15) is 13.2 Å². The molecule has 0 aromatic heterocycles. The molecule has 0 rings (SSSR count). The van der Waals surface area contributed by atoms with Crippen LogP contribution in [0.1, 0.15) is 13.8 Å². The summed E-state index contributed by atoms with van der Waals surface area (Å²) in [5.41, 5.74) is -0.828. The minimum Gasteiger partial charge on any atom is -0.257 e. The molecule has 58 valence electrons. The first kappa shape index (κ1) is 9.20. The zero-order chi connectivity index (χ0) is 8.20. The number of allylic oxidation sites excluding steroid dienone is 1. The Morgan fingerprint density at radius 3 is 2.20 bits per heavy atom. The van der Waals surface area contributed by atoms with Gasteiger partial charge in [0.25, 0.3) is 0 Å². The van der Waals surface area contributed by atoms with Crippen molar-refractivity contribution in [1.82, 2.24) is 0 Å². The van der Waals surface area contributed by atoms with Crippen LogP contribution in [0.4, 0.5) is 13.2 Å². The van der Waals surface area contributed by atoms with Gasteiger partial charge in [0.1, 0.15) is 5.71 Å². The summed E-state index contributed by atoms with van der Waals surface area (Å²) in [6.45, 7) is 2.53. The third-order valence-electron chi connectivity index (χ3n) is 0.828. The normalized spacial score (nSPS) is 14.7. The number of aliphatic imine (C=N–C) groups is 1. The van der Waals surface area contributed by atoms with Crippen molar-refractivity contribution in [2.45, 2.75) is 20.0 Å². The number of hydrogen-bond donors (Lipinski definition) is 0. The molecule has 0 fully saturated rings. The third-order valence-corrected chi connectivity index (χ3v) is 0.828. The Hall–Kier alpha value is -0.800. The van der Waals surface area contributed by atoms with Crippen LogP contribution in [0.5, 0.6) is 0 Å². The Morgan fingerprint density at radius 1 is 1.40 bits per heavy atom. The molecule has 1 nitrogen and oxygen atoms in total. The van der Waals surface area contributed by atoms with Crippen LogP contribution in [0, 0.1) is 0 Å². The van der Waals surface area contributed by atoms with Crippen molar-refractivity contribution in [3.05, 3.63) is 12.3 Å². The molecular weight excluding hydrogens is 143 g/mol. The second-order valence-electron chi connectivity index (χ2n) is 1.69. The second kappa shape index (κ2) is 3.39. The summed E-state index contributed by atoms with van der Waals surface area (Å²) < 4.78 is 34.8. The van der Waals surface area contributed by atoms with E-state index < -0.39 is 11.9 Å². The molecule has 0 unspecified atom stereocenters. The maximum atomic E-state index is 11.6. The van der Waals surface area contributed by atoms with Crippen LogP contribution in [-0.4, -0.2) is 11.9 Å². The van der Waals surface area contributed by atoms with Gasteiger partial charge in [0.2, 0.25) is 0 Å². The molecule has 0 spiro atoms. The number of nitrogens with zero attached hydrogens (tertiary/aromatic N) is 1. The van der Waals surface area contributed by atoms with Crippen LogP contribution < -0.4 is 0 Å². The van der Waals surface area contributed by atoms with Crippen molar-refractivity contribution in [3.8, 4) is 0 Å². The number of hydrogen-bond acceptors (Lipinski definition) is 1. The average molecular weight is 151 g/mol.